The van der Waals surface area contributed by atoms with Crippen LogP contribution in [0.15, 0.2) is 18.2 Å². The van der Waals surface area contributed by atoms with E-state index in [0.29, 0.717) is 19.1 Å². The first-order chi connectivity index (χ1) is 8.85. The van der Waals surface area contributed by atoms with Gasteiger partial charge in [-0.15, -0.1) is 0 Å². The average Bonchev–Trinajstić information content (AvgIpc) is 3.21. The van der Waals surface area contributed by atoms with Crippen molar-refractivity contribution >= 4 is 0 Å². The molecule has 4 nitrogen and oxygen atoms in total. The molecule has 0 radical (unpaired) electrons. The lowest BCUT2D eigenvalue weighted by Gasteiger charge is -2.15. The fourth-order valence-electron chi connectivity index (χ4n) is 1.81. The summed E-state index contributed by atoms with van der Waals surface area (Å²) in [6.45, 7) is 1.45. The van der Waals surface area contributed by atoms with Crippen LogP contribution in [0.5, 0.6) is 11.5 Å². The van der Waals surface area contributed by atoms with E-state index in [1.807, 2.05) is 18.2 Å². The van der Waals surface area contributed by atoms with Gasteiger partial charge in [-0.2, -0.15) is 0 Å². The van der Waals surface area contributed by atoms with Crippen LogP contribution in [0.25, 0.3) is 0 Å². The molecule has 1 aromatic carbocycles. The van der Waals surface area contributed by atoms with Gasteiger partial charge in [0.25, 0.3) is 0 Å². The minimum Gasteiger partial charge on any atom is -0.493 e. The van der Waals surface area contributed by atoms with Gasteiger partial charge in [0.15, 0.2) is 11.5 Å². The molecule has 0 saturated heterocycles. The Balaban J connectivity index is 2.03. The van der Waals surface area contributed by atoms with Crippen molar-refractivity contribution in [1.29, 1.82) is 0 Å². The molecule has 0 spiro atoms. The summed E-state index contributed by atoms with van der Waals surface area (Å²) in [6, 6.07) is 6.59. The minimum absolute atomic E-state index is 0.144. The summed E-state index contributed by atoms with van der Waals surface area (Å²) >= 11 is 0. The molecule has 0 aromatic heterocycles. The first kappa shape index (κ1) is 13.2. The average molecular weight is 251 g/mol. The number of hydrogen-bond donors (Lipinski definition) is 2. The zero-order valence-electron chi connectivity index (χ0n) is 10.8. The Labute approximate surface area is 108 Å². The predicted octanol–water partition coefficient (Wildman–Crippen LogP) is 1.71. The standard InChI is InChI=1S/C14H21NO3/c1-17-13-5-2-4-11(10-15-12-6-7-12)14(13)18-9-3-8-16/h2,4-5,12,15-16H,3,6-10H2,1H3. The fourth-order valence-corrected chi connectivity index (χ4v) is 1.81. The van der Waals surface area contributed by atoms with E-state index >= 15 is 0 Å². The summed E-state index contributed by atoms with van der Waals surface area (Å²) in [6.07, 6.45) is 3.17. The molecule has 1 aliphatic carbocycles. The molecule has 2 N–H and O–H groups in total. The number of ether oxygens (including phenoxy) is 2. The lowest BCUT2D eigenvalue weighted by atomic mass is 10.2. The number of aliphatic hydroxyl groups is 1. The second kappa shape index (κ2) is 6.61. The number of aliphatic hydroxyl groups excluding tert-OH is 1. The van der Waals surface area contributed by atoms with Crippen LogP contribution in [0, 0.1) is 0 Å². The highest BCUT2D eigenvalue weighted by Gasteiger charge is 2.21. The second-order valence-corrected chi connectivity index (χ2v) is 4.53. The number of methoxy groups -OCH3 is 1. The molecule has 0 bridgehead atoms. The van der Waals surface area contributed by atoms with Crippen molar-refractivity contribution in [3.05, 3.63) is 23.8 Å². The van der Waals surface area contributed by atoms with Gasteiger partial charge in [0.05, 0.1) is 13.7 Å². The third kappa shape index (κ3) is 3.62. The topological polar surface area (TPSA) is 50.7 Å². The molecule has 0 unspecified atom stereocenters. The van der Waals surface area contributed by atoms with Gasteiger partial charge in [-0.1, -0.05) is 12.1 Å². The highest BCUT2D eigenvalue weighted by atomic mass is 16.5. The molecular weight excluding hydrogens is 230 g/mol. The Morgan fingerprint density at radius 2 is 2.22 bits per heavy atom. The van der Waals surface area contributed by atoms with Gasteiger partial charge in [-0.05, 0) is 18.9 Å². The Morgan fingerprint density at radius 1 is 1.39 bits per heavy atom. The first-order valence-corrected chi connectivity index (χ1v) is 6.48. The summed E-state index contributed by atoms with van der Waals surface area (Å²) in [5.41, 5.74) is 1.11. The zero-order valence-corrected chi connectivity index (χ0v) is 10.8. The van der Waals surface area contributed by atoms with Crippen LogP contribution >= 0.6 is 0 Å². The normalized spacial score (nSPS) is 14.6. The monoisotopic (exact) mass is 251 g/mol. The summed E-state index contributed by atoms with van der Waals surface area (Å²) in [4.78, 5) is 0. The third-order valence-corrected chi connectivity index (χ3v) is 2.99. The van der Waals surface area contributed by atoms with Gasteiger partial charge in [-0.3, -0.25) is 0 Å². The van der Waals surface area contributed by atoms with Crippen LogP contribution in [0.1, 0.15) is 24.8 Å². The first-order valence-electron chi connectivity index (χ1n) is 6.48. The SMILES string of the molecule is COc1cccc(CNC2CC2)c1OCCCO. The van der Waals surface area contributed by atoms with E-state index in [0.717, 1.165) is 23.6 Å². The predicted molar refractivity (Wildman–Crippen MR) is 70.1 cm³/mol. The largest absolute Gasteiger partial charge is 0.493 e. The molecule has 4 heteroatoms. The van der Waals surface area contributed by atoms with Crippen molar-refractivity contribution in [2.24, 2.45) is 0 Å². The molecular formula is C14H21NO3. The third-order valence-electron chi connectivity index (χ3n) is 2.99. The summed E-state index contributed by atoms with van der Waals surface area (Å²) in [5.74, 6) is 1.55. The zero-order chi connectivity index (χ0) is 12.8. The number of rotatable bonds is 8. The number of para-hydroxylation sites is 1. The van der Waals surface area contributed by atoms with Crippen molar-refractivity contribution in [3.63, 3.8) is 0 Å². The summed E-state index contributed by atoms with van der Waals surface area (Å²) < 4.78 is 11.1. The van der Waals surface area contributed by atoms with E-state index in [-0.39, 0.29) is 6.61 Å². The van der Waals surface area contributed by atoms with Crippen molar-refractivity contribution in [2.75, 3.05) is 20.3 Å². The maximum Gasteiger partial charge on any atom is 0.165 e. The lowest BCUT2D eigenvalue weighted by Crippen LogP contribution is -2.16. The number of hydrogen-bond acceptors (Lipinski definition) is 4. The van der Waals surface area contributed by atoms with E-state index in [2.05, 4.69) is 5.32 Å². The Hall–Kier alpha value is -1.26. The molecule has 1 saturated carbocycles. The molecule has 1 aromatic rings. The summed E-state index contributed by atoms with van der Waals surface area (Å²) in [7, 11) is 1.65. The van der Waals surface area contributed by atoms with Gasteiger partial charge < -0.3 is 19.9 Å². The Morgan fingerprint density at radius 3 is 2.89 bits per heavy atom. The van der Waals surface area contributed by atoms with Crippen LogP contribution in [0.3, 0.4) is 0 Å². The highest BCUT2D eigenvalue weighted by molar-refractivity contribution is 5.46. The van der Waals surface area contributed by atoms with E-state index in [1.165, 1.54) is 12.8 Å². The highest BCUT2D eigenvalue weighted by Crippen LogP contribution is 2.32. The summed E-state index contributed by atoms with van der Waals surface area (Å²) in [5, 5.41) is 12.3. The van der Waals surface area contributed by atoms with Crippen LogP contribution in [0.4, 0.5) is 0 Å². The van der Waals surface area contributed by atoms with Gasteiger partial charge in [0.1, 0.15) is 0 Å². The van der Waals surface area contributed by atoms with E-state index in [4.69, 9.17) is 14.6 Å². The Kier molecular flexibility index (Phi) is 4.84. The lowest BCUT2D eigenvalue weighted by molar-refractivity contribution is 0.226. The molecule has 18 heavy (non-hydrogen) atoms. The maximum atomic E-state index is 8.80. The molecule has 2 rings (SSSR count). The van der Waals surface area contributed by atoms with Crippen LogP contribution in [-0.2, 0) is 6.54 Å². The van der Waals surface area contributed by atoms with E-state index in [9.17, 15) is 0 Å². The number of benzene rings is 1. The van der Waals surface area contributed by atoms with Gasteiger partial charge in [0.2, 0.25) is 0 Å². The molecule has 0 aliphatic heterocycles. The van der Waals surface area contributed by atoms with Crippen LogP contribution < -0.4 is 14.8 Å². The van der Waals surface area contributed by atoms with E-state index < -0.39 is 0 Å². The van der Waals surface area contributed by atoms with Crippen LogP contribution in [-0.4, -0.2) is 31.5 Å². The second-order valence-electron chi connectivity index (χ2n) is 4.53. The molecule has 1 aliphatic rings. The van der Waals surface area contributed by atoms with Gasteiger partial charge in [-0.25, -0.2) is 0 Å². The Bertz CT molecular complexity index is 377. The van der Waals surface area contributed by atoms with Gasteiger partial charge in [0, 0.05) is 31.2 Å². The number of nitrogens with one attached hydrogen (secondary N) is 1. The van der Waals surface area contributed by atoms with E-state index in [1.54, 1.807) is 7.11 Å². The van der Waals surface area contributed by atoms with Crippen molar-refractivity contribution in [3.8, 4) is 11.5 Å². The molecule has 100 valence electrons. The van der Waals surface area contributed by atoms with Crippen molar-refractivity contribution < 1.29 is 14.6 Å². The maximum absolute atomic E-state index is 8.80. The molecule has 0 atom stereocenters. The van der Waals surface area contributed by atoms with Crippen LogP contribution in [0.2, 0.25) is 0 Å². The smallest absolute Gasteiger partial charge is 0.165 e. The van der Waals surface area contributed by atoms with Crippen molar-refractivity contribution in [1.82, 2.24) is 5.32 Å². The molecule has 0 heterocycles. The fraction of sp³-hybridized carbons (Fsp3) is 0.571. The quantitative estimate of drug-likeness (QED) is 0.691. The molecule has 1 fully saturated rings. The molecule has 0 amide bonds. The minimum atomic E-state index is 0.144. The van der Waals surface area contributed by atoms with Gasteiger partial charge >= 0.3 is 0 Å². The van der Waals surface area contributed by atoms with Crippen molar-refractivity contribution in [2.45, 2.75) is 31.8 Å².